The number of hydrogen-bond donors (Lipinski definition) is 4. The molecule has 0 unspecified atom stereocenters. The van der Waals surface area contributed by atoms with Crippen LogP contribution in [0.25, 0.3) is 0 Å². The number of urea groups is 1. The smallest absolute Gasteiger partial charge is 0.326 e. The van der Waals surface area contributed by atoms with Gasteiger partial charge >= 0.3 is 18.0 Å². The third-order valence-electron chi connectivity index (χ3n) is 2.41. The molecule has 21 heavy (non-hydrogen) atoms. The van der Waals surface area contributed by atoms with Crippen LogP contribution in [0, 0.1) is 0 Å². The molecule has 0 bridgehead atoms. The van der Waals surface area contributed by atoms with Gasteiger partial charge in [0.25, 0.3) is 0 Å². The molecule has 8 heteroatoms. The second-order valence-electron chi connectivity index (χ2n) is 4.04. The largest absolute Gasteiger partial charge is 0.494 e. The van der Waals surface area contributed by atoms with Crippen molar-refractivity contribution in [2.45, 2.75) is 19.4 Å². The summed E-state index contributed by atoms with van der Waals surface area (Å²) in [6.45, 7) is 2.36. The van der Waals surface area contributed by atoms with E-state index >= 15 is 0 Å². The topological polar surface area (TPSA) is 125 Å². The molecule has 0 saturated carbocycles. The number of aliphatic carboxylic acids is 2. The molecule has 0 radical (unpaired) electrons. The van der Waals surface area contributed by atoms with Gasteiger partial charge in [-0.1, -0.05) is 0 Å². The minimum atomic E-state index is -1.50. The van der Waals surface area contributed by atoms with Crippen LogP contribution in [0.5, 0.6) is 5.75 Å². The van der Waals surface area contributed by atoms with Crippen molar-refractivity contribution in [2.24, 2.45) is 0 Å². The average molecular weight is 296 g/mol. The van der Waals surface area contributed by atoms with Crippen LogP contribution < -0.4 is 15.4 Å². The van der Waals surface area contributed by atoms with Crippen LogP contribution in [0.2, 0.25) is 0 Å². The van der Waals surface area contributed by atoms with Gasteiger partial charge in [-0.2, -0.15) is 0 Å². The molecule has 0 spiro atoms. The minimum Gasteiger partial charge on any atom is -0.494 e. The van der Waals surface area contributed by atoms with E-state index < -0.39 is 30.4 Å². The second-order valence-corrected chi connectivity index (χ2v) is 4.04. The molecule has 1 atom stereocenters. The molecule has 4 N–H and O–H groups in total. The van der Waals surface area contributed by atoms with Crippen LogP contribution >= 0.6 is 0 Å². The zero-order chi connectivity index (χ0) is 15.8. The Morgan fingerprint density at radius 2 is 1.81 bits per heavy atom. The maximum atomic E-state index is 11.6. The van der Waals surface area contributed by atoms with E-state index in [-0.39, 0.29) is 0 Å². The highest BCUT2D eigenvalue weighted by atomic mass is 16.5. The fourth-order valence-corrected chi connectivity index (χ4v) is 1.50. The summed E-state index contributed by atoms with van der Waals surface area (Å²) in [5.41, 5.74) is 0.426. The van der Waals surface area contributed by atoms with Crippen molar-refractivity contribution in [1.29, 1.82) is 0 Å². The number of carboxylic acid groups (broad SMARTS) is 2. The van der Waals surface area contributed by atoms with Crippen LogP contribution in [0.3, 0.4) is 0 Å². The van der Waals surface area contributed by atoms with Crippen molar-refractivity contribution in [2.75, 3.05) is 11.9 Å². The molecule has 0 heterocycles. The molecule has 1 rings (SSSR count). The highest BCUT2D eigenvalue weighted by Crippen LogP contribution is 2.15. The summed E-state index contributed by atoms with van der Waals surface area (Å²) >= 11 is 0. The predicted molar refractivity (Wildman–Crippen MR) is 73.4 cm³/mol. The molecule has 1 aromatic rings. The van der Waals surface area contributed by atoms with Gasteiger partial charge in [-0.25, -0.2) is 9.59 Å². The third-order valence-corrected chi connectivity index (χ3v) is 2.41. The molecule has 0 aliphatic rings. The zero-order valence-corrected chi connectivity index (χ0v) is 11.3. The minimum absolute atomic E-state index is 0.426. The molecular weight excluding hydrogens is 280 g/mol. The highest BCUT2D eigenvalue weighted by molar-refractivity contribution is 5.93. The molecule has 8 nitrogen and oxygen atoms in total. The van der Waals surface area contributed by atoms with Crippen LogP contribution in [-0.2, 0) is 9.59 Å². The fraction of sp³-hybridized carbons (Fsp3) is 0.308. The first-order chi connectivity index (χ1) is 9.92. The summed E-state index contributed by atoms with van der Waals surface area (Å²) in [4.78, 5) is 32.9. The monoisotopic (exact) mass is 296 g/mol. The normalized spacial score (nSPS) is 11.3. The van der Waals surface area contributed by atoms with Gasteiger partial charge in [-0.15, -0.1) is 0 Å². The first-order valence-corrected chi connectivity index (χ1v) is 6.17. The van der Waals surface area contributed by atoms with Crippen molar-refractivity contribution in [1.82, 2.24) is 5.32 Å². The van der Waals surface area contributed by atoms with Crippen molar-refractivity contribution in [3.05, 3.63) is 24.3 Å². The number of rotatable bonds is 7. The van der Waals surface area contributed by atoms with Gasteiger partial charge in [0.2, 0.25) is 0 Å². The van der Waals surface area contributed by atoms with E-state index in [0.29, 0.717) is 18.0 Å². The number of anilines is 1. The molecule has 114 valence electrons. The Labute approximate surface area is 120 Å². The van der Waals surface area contributed by atoms with Crippen molar-refractivity contribution in [3.8, 4) is 5.75 Å². The third kappa shape index (κ3) is 5.81. The first kappa shape index (κ1) is 16.3. The lowest BCUT2D eigenvalue weighted by atomic mass is 10.2. The number of carbonyl (C=O) groups is 3. The lowest BCUT2D eigenvalue weighted by Crippen LogP contribution is -2.44. The van der Waals surface area contributed by atoms with Gasteiger partial charge in [-0.3, -0.25) is 4.79 Å². The van der Waals surface area contributed by atoms with Crippen LogP contribution in [0.4, 0.5) is 10.5 Å². The highest BCUT2D eigenvalue weighted by Gasteiger charge is 2.22. The first-order valence-electron chi connectivity index (χ1n) is 6.17. The number of nitrogens with one attached hydrogen (secondary N) is 2. The van der Waals surface area contributed by atoms with Crippen LogP contribution in [0.1, 0.15) is 13.3 Å². The maximum absolute atomic E-state index is 11.6. The number of ether oxygens (including phenoxy) is 1. The van der Waals surface area contributed by atoms with E-state index in [4.69, 9.17) is 14.9 Å². The van der Waals surface area contributed by atoms with Crippen molar-refractivity contribution in [3.63, 3.8) is 0 Å². The molecule has 0 saturated heterocycles. The van der Waals surface area contributed by atoms with Crippen LogP contribution in [-0.4, -0.2) is 40.8 Å². The molecule has 0 aliphatic heterocycles. The fourth-order valence-electron chi connectivity index (χ4n) is 1.50. The lowest BCUT2D eigenvalue weighted by Gasteiger charge is -2.13. The number of carboxylic acids is 2. The standard InChI is InChI=1S/C13H16N2O6/c1-2-21-9-5-3-8(4-6-9)14-13(20)15-10(12(18)19)7-11(16)17/h3-6,10H,2,7H2,1H3,(H,16,17)(H,18,19)(H2,14,15,20)/t10-/m0/s1. The average Bonchev–Trinajstić information content (AvgIpc) is 2.40. The Hall–Kier alpha value is -2.77. The van der Waals surface area contributed by atoms with Gasteiger partial charge in [0.1, 0.15) is 11.8 Å². The maximum Gasteiger partial charge on any atom is 0.326 e. The Kier molecular flexibility index (Phi) is 5.99. The lowest BCUT2D eigenvalue weighted by molar-refractivity contribution is -0.145. The molecular formula is C13H16N2O6. The van der Waals surface area contributed by atoms with Gasteiger partial charge in [0, 0.05) is 5.69 Å². The number of carbonyl (C=O) groups excluding carboxylic acids is 1. The van der Waals surface area contributed by atoms with Crippen molar-refractivity contribution >= 4 is 23.7 Å². The molecule has 0 fully saturated rings. The Morgan fingerprint density at radius 1 is 1.19 bits per heavy atom. The summed E-state index contributed by atoms with van der Waals surface area (Å²) in [5, 5.41) is 21.9. The summed E-state index contributed by atoms with van der Waals surface area (Å²) in [7, 11) is 0. The van der Waals surface area contributed by atoms with E-state index in [9.17, 15) is 14.4 Å². The Morgan fingerprint density at radius 3 is 2.29 bits per heavy atom. The van der Waals surface area contributed by atoms with E-state index in [1.165, 1.54) is 0 Å². The van der Waals surface area contributed by atoms with Gasteiger partial charge < -0.3 is 25.6 Å². The van der Waals surface area contributed by atoms with Gasteiger partial charge in [-0.05, 0) is 31.2 Å². The predicted octanol–water partition coefficient (Wildman–Crippen LogP) is 1.13. The van der Waals surface area contributed by atoms with E-state index in [0.717, 1.165) is 0 Å². The Bertz CT molecular complexity index is 514. The van der Waals surface area contributed by atoms with Crippen LogP contribution in [0.15, 0.2) is 24.3 Å². The Balaban J connectivity index is 2.59. The molecule has 2 amide bonds. The SMILES string of the molecule is CCOc1ccc(NC(=O)N[C@@H](CC(=O)O)C(=O)O)cc1. The van der Waals surface area contributed by atoms with Gasteiger partial charge in [0.15, 0.2) is 0 Å². The van der Waals surface area contributed by atoms with E-state index in [2.05, 4.69) is 10.6 Å². The summed E-state index contributed by atoms with van der Waals surface area (Å²) in [5.74, 6) is -2.10. The zero-order valence-electron chi connectivity index (χ0n) is 11.3. The van der Waals surface area contributed by atoms with Crippen molar-refractivity contribution < 1.29 is 29.3 Å². The number of amides is 2. The second kappa shape index (κ2) is 7.73. The summed E-state index contributed by atoms with van der Waals surface area (Å²) in [6.07, 6.45) is -0.702. The van der Waals surface area contributed by atoms with E-state index in [1.807, 2.05) is 6.92 Å². The number of hydrogen-bond acceptors (Lipinski definition) is 4. The molecule has 1 aromatic carbocycles. The molecule has 0 aliphatic carbocycles. The van der Waals surface area contributed by atoms with E-state index in [1.54, 1.807) is 24.3 Å². The summed E-state index contributed by atoms with van der Waals surface area (Å²) < 4.78 is 5.23. The summed E-state index contributed by atoms with van der Waals surface area (Å²) in [6, 6.07) is 4.16. The number of benzene rings is 1. The quantitative estimate of drug-likeness (QED) is 0.598. The molecule has 0 aromatic heterocycles. The van der Waals surface area contributed by atoms with Gasteiger partial charge in [0.05, 0.1) is 13.0 Å².